The van der Waals surface area contributed by atoms with Crippen LogP contribution in [0.1, 0.15) is 0 Å². The van der Waals surface area contributed by atoms with Crippen molar-refractivity contribution in [3.05, 3.63) is 58.6 Å². The molecule has 4 heteroatoms. The summed E-state index contributed by atoms with van der Waals surface area (Å²) >= 11 is 0. The summed E-state index contributed by atoms with van der Waals surface area (Å²) in [5, 5.41) is 11.0. The second-order valence-corrected chi connectivity index (χ2v) is 3.47. The topological polar surface area (TPSA) is 52.4 Å². The predicted molar refractivity (Wildman–Crippen MR) is 65.1 cm³/mol. The maximum atomic E-state index is 11.0. The third-order valence-electron chi connectivity index (χ3n) is 2.50. The van der Waals surface area contributed by atoms with E-state index in [1.807, 2.05) is 12.1 Å². The summed E-state index contributed by atoms with van der Waals surface area (Å²) in [4.78, 5) is 10.6. The van der Waals surface area contributed by atoms with Crippen LogP contribution in [-0.2, 0) is 0 Å². The highest BCUT2D eigenvalue weighted by molar-refractivity contribution is 5.78. The van der Waals surface area contributed by atoms with Crippen LogP contribution in [0, 0.1) is 10.1 Å². The molecule has 0 saturated carbocycles. The van der Waals surface area contributed by atoms with Crippen molar-refractivity contribution in [2.24, 2.45) is 0 Å². The summed E-state index contributed by atoms with van der Waals surface area (Å²) in [5.41, 5.74) is 1.37. The molecule has 0 aromatic heterocycles. The Kier molecular flexibility index (Phi) is 3.05. The molecule has 0 aliphatic rings. The van der Waals surface area contributed by atoms with Gasteiger partial charge < -0.3 is 4.74 Å². The first-order valence-corrected chi connectivity index (χ1v) is 5.11. The van der Waals surface area contributed by atoms with Crippen LogP contribution in [-0.4, -0.2) is 12.0 Å². The molecule has 0 atom stereocenters. The molecule has 0 heterocycles. The van der Waals surface area contributed by atoms with Crippen molar-refractivity contribution in [2.75, 3.05) is 7.11 Å². The SMILES string of the molecule is COc1ccccc1-c1ccccc1[N+](=O)[O-]. The van der Waals surface area contributed by atoms with E-state index in [1.165, 1.54) is 6.07 Å². The first-order chi connectivity index (χ1) is 8.24. The summed E-state index contributed by atoms with van der Waals surface area (Å²) in [7, 11) is 1.55. The van der Waals surface area contributed by atoms with E-state index in [9.17, 15) is 10.1 Å². The number of nitrogens with zero attached hydrogens (tertiary/aromatic N) is 1. The fourth-order valence-electron chi connectivity index (χ4n) is 1.73. The molecule has 0 aliphatic carbocycles. The number of benzene rings is 2. The largest absolute Gasteiger partial charge is 0.496 e. The molecule has 0 saturated heterocycles. The molecule has 0 bridgehead atoms. The minimum Gasteiger partial charge on any atom is -0.496 e. The van der Waals surface area contributed by atoms with Gasteiger partial charge in [0.2, 0.25) is 0 Å². The zero-order valence-electron chi connectivity index (χ0n) is 9.29. The van der Waals surface area contributed by atoms with E-state index in [0.29, 0.717) is 11.3 Å². The van der Waals surface area contributed by atoms with Crippen molar-refractivity contribution < 1.29 is 9.66 Å². The molecule has 0 unspecified atom stereocenters. The van der Waals surface area contributed by atoms with Crippen molar-refractivity contribution in [3.8, 4) is 16.9 Å². The molecular weight excluding hydrogens is 218 g/mol. The number of hydrogen-bond acceptors (Lipinski definition) is 3. The molecule has 2 aromatic rings. The van der Waals surface area contributed by atoms with Gasteiger partial charge in [0.1, 0.15) is 5.75 Å². The average molecular weight is 229 g/mol. The maximum absolute atomic E-state index is 11.0. The molecule has 0 N–H and O–H groups in total. The zero-order valence-corrected chi connectivity index (χ0v) is 9.29. The predicted octanol–water partition coefficient (Wildman–Crippen LogP) is 3.27. The lowest BCUT2D eigenvalue weighted by atomic mass is 10.0. The van der Waals surface area contributed by atoms with Gasteiger partial charge in [0.05, 0.1) is 17.6 Å². The molecule has 86 valence electrons. The molecule has 4 nitrogen and oxygen atoms in total. The molecule has 2 aromatic carbocycles. The molecule has 0 fully saturated rings. The number of rotatable bonds is 3. The standard InChI is InChI=1S/C13H11NO3/c1-17-13-9-5-3-7-11(13)10-6-2-4-8-12(10)14(15)16/h2-9H,1H3. The fraction of sp³-hybridized carbons (Fsp3) is 0.0769. The highest BCUT2D eigenvalue weighted by atomic mass is 16.6. The van der Waals surface area contributed by atoms with Crippen LogP contribution in [0.15, 0.2) is 48.5 Å². The van der Waals surface area contributed by atoms with E-state index in [2.05, 4.69) is 0 Å². The molecule has 2 rings (SSSR count). The number of hydrogen-bond donors (Lipinski definition) is 0. The van der Waals surface area contributed by atoms with Crippen LogP contribution >= 0.6 is 0 Å². The Hall–Kier alpha value is -2.36. The van der Waals surface area contributed by atoms with Gasteiger partial charge in [-0.3, -0.25) is 10.1 Å². The quantitative estimate of drug-likeness (QED) is 0.599. The van der Waals surface area contributed by atoms with Gasteiger partial charge in [-0.2, -0.15) is 0 Å². The van der Waals surface area contributed by atoms with Gasteiger partial charge in [-0.25, -0.2) is 0 Å². The van der Waals surface area contributed by atoms with Crippen molar-refractivity contribution >= 4 is 5.69 Å². The van der Waals surface area contributed by atoms with Crippen LogP contribution in [0.4, 0.5) is 5.69 Å². The monoisotopic (exact) mass is 229 g/mol. The van der Waals surface area contributed by atoms with Crippen LogP contribution in [0.25, 0.3) is 11.1 Å². The summed E-state index contributed by atoms with van der Waals surface area (Å²) < 4.78 is 5.21. The van der Waals surface area contributed by atoms with E-state index in [4.69, 9.17) is 4.74 Å². The number of methoxy groups -OCH3 is 1. The molecule has 0 aliphatic heterocycles. The Bertz CT molecular complexity index is 552. The Morgan fingerprint density at radius 2 is 1.59 bits per heavy atom. The number of nitro benzene ring substituents is 1. The van der Waals surface area contributed by atoms with Gasteiger partial charge in [0.15, 0.2) is 0 Å². The van der Waals surface area contributed by atoms with Crippen molar-refractivity contribution in [1.82, 2.24) is 0 Å². The highest BCUT2D eigenvalue weighted by Gasteiger charge is 2.16. The van der Waals surface area contributed by atoms with Gasteiger partial charge >= 0.3 is 0 Å². The lowest BCUT2D eigenvalue weighted by Crippen LogP contribution is -1.93. The summed E-state index contributed by atoms with van der Waals surface area (Å²) in [5.74, 6) is 0.627. The molecular formula is C13H11NO3. The zero-order chi connectivity index (χ0) is 12.3. The van der Waals surface area contributed by atoms with Crippen LogP contribution in [0.2, 0.25) is 0 Å². The van der Waals surface area contributed by atoms with Crippen molar-refractivity contribution in [1.29, 1.82) is 0 Å². The first-order valence-electron chi connectivity index (χ1n) is 5.11. The van der Waals surface area contributed by atoms with E-state index < -0.39 is 0 Å². The number of nitro groups is 1. The smallest absolute Gasteiger partial charge is 0.277 e. The average Bonchev–Trinajstić information content (AvgIpc) is 2.38. The van der Waals surface area contributed by atoms with E-state index in [1.54, 1.807) is 37.4 Å². The minimum atomic E-state index is -0.387. The Labute approximate surface area is 98.6 Å². The van der Waals surface area contributed by atoms with Crippen LogP contribution in [0.3, 0.4) is 0 Å². The van der Waals surface area contributed by atoms with Gasteiger partial charge in [0, 0.05) is 11.6 Å². The molecule has 0 radical (unpaired) electrons. The molecule has 0 spiro atoms. The van der Waals surface area contributed by atoms with E-state index in [-0.39, 0.29) is 10.6 Å². The summed E-state index contributed by atoms with van der Waals surface area (Å²) in [6.45, 7) is 0. The minimum absolute atomic E-state index is 0.0806. The molecule has 17 heavy (non-hydrogen) atoms. The third kappa shape index (κ3) is 2.10. The second-order valence-electron chi connectivity index (χ2n) is 3.47. The Morgan fingerprint density at radius 3 is 2.24 bits per heavy atom. The third-order valence-corrected chi connectivity index (χ3v) is 2.50. The molecule has 0 amide bonds. The second kappa shape index (κ2) is 4.65. The van der Waals surface area contributed by atoms with Gasteiger partial charge in [-0.05, 0) is 12.1 Å². The first kappa shape index (κ1) is 11.1. The lowest BCUT2D eigenvalue weighted by molar-refractivity contribution is -0.384. The summed E-state index contributed by atoms with van der Waals surface area (Å²) in [6, 6.07) is 13.9. The highest BCUT2D eigenvalue weighted by Crippen LogP contribution is 2.35. The number of ether oxygens (including phenoxy) is 1. The van der Waals surface area contributed by atoms with Gasteiger partial charge in [0.25, 0.3) is 5.69 Å². The summed E-state index contributed by atoms with van der Waals surface area (Å²) in [6.07, 6.45) is 0. The van der Waals surface area contributed by atoms with Gasteiger partial charge in [-0.1, -0.05) is 30.3 Å². The Morgan fingerprint density at radius 1 is 1.00 bits per heavy atom. The van der Waals surface area contributed by atoms with Crippen LogP contribution < -0.4 is 4.74 Å². The van der Waals surface area contributed by atoms with Gasteiger partial charge in [-0.15, -0.1) is 0 Å². The van der Waals surface area contributed by atoms with Crippen LogP contribution in [0.5, 0.6) is 5.75 Å². The Balaban J connectivity index is 2.64. The number of para-hydroxylation sites is 2. The maximum Gasteiger partial charge on any atom is 0.277 e. The van der Waals surface area contributed by atoms with E-state index >= 15 is 0 Å². The van der Waals surface area contributed by atoms with Crippen molar-refractivity contribution in [3.63, 3.8) is 0 Å². The van der Waals surface area contributed by atoms with E-state index in [0.717, 1.165) is 5.56 Å². The lowest BCUT2D eigenvalue weighted by Gasteiger charge is -2.08. The fourth-order valence-corrected chi connectivity index (χ4v) is 1.73. The van der Waals surface area contributed by atoms with Crippen molar-refractivity contribution in [2.45, 2.75) is 0 Å². The normalized spacial score (nSPS) is 9.94.